The molecule has 1 aliphatic heterocycles. The molecule has 0 N–H and O–H groups in total. The first kappa shape index (κ1) is 16.4. The second-order valence-electron chi connectivity index (χ2n) is 6.27. The van der Waals surface area contributed by atoms with Gasteiger partial charge >= 0.3 is 0 Å². The van der Waals surface area contributed by atoms with Gasteiger partial charge < -0.3 is 0 Å². The van der Waals surface area contributed by atoms with Crippen molar-refractivity contribution in [3.8, 4) is 0 Å². The van der Waals surface area contributed by atoms with Gasteiger partial charge in [-0.2, -0.15) is 0 Å². The fourth-order valence-electron chi connectivity index (χ4n) is 2.29. The highest BCUT2D eigenvalue weighted by Crippen LogP contribution is 2.37. The maximum absolute atomic E-state index is 13.9. The molecule has 0 bridgehead atoms. The molecule has 0 radical (unpaired) electrons. The van der Waals surface area contributed by atoms with Gasteiger partial charge in [0.15, 0.2) is 0 Å². The van der Waals surface area contributed by atoms with Gasteiger partial charge in [-0.3, -0.25) is 4.79 Å². The standard InChI is InChI=1S/C14H17BrFNO3S/c1-14(2,3)9-6-13(18)17(8-9)21(19,20)12-5-4-10(15)7-11(12)16/h4-5,7,9H,6,8H2,1-3H3. The van der Waals surface area contributed by atoms with Crippen molar-refractivity contribution in [3.05, 3.63) is 28.5 Å². The molecular weight excluding hydrogens is 361 g/mol. The molecule has 4 nitrogen and oxygen atoms in total. The molecule has 7 heteroatoms. The summed E-state index contributed by atoms with van der Waals surface area (Å²) in [6.45, 7) is 5.98. The normalized spacial score (nSPS) is 20.1. The van der Waals surface area contributed by atoms with E-state index in [4.69, 9.17) is 0 Å². The molecule has 116 valence electrons. The lowest BCUT2D eigenvalue weighted by Crippen LogP contribution is -2.34. The number of sulfonamides is 1. The van der Waals surface area contributed by atoms with Crippen LogP contribution in [0.15, 0.2) is 27.6 Å². The summed E-state index contributed by atoms with van der Waals surface area (Å²) in [4.78, 5) is 11.6. The molecule has 0 spiro atoms. The van der Waals surface area contributed by atoms with E-state index in [9.17, 15) is 17.6 Å². The second-order valence-corrected chi connectivity index (χ2v) is 9.02. The fraction of sp³-hybridized carbons (Fsp3) is 0.500. The van der Waals surface area contributed by atoms with Crippen molar-refractivity contribution in [3.63, 3.8) is 0 Å². The number of halogens is 2. The van der Waals surface area contributed by atoms with Gasteiger partial charge in [0, 0.05) is 17.4 Å². The third kappa shape index (κ3) is 3.13. The van der Waals surface area contributed by atoms with Crippen LogP contribution in [-0.4, -0.2) is 25.2 Å². The van der Waals surface area contributed by atoms with Crippen LogP contribution < -0.4 is 0 Å². The Balaban J connectivity index is 2.39. The first-order chi connectivity index (χ1) is 9.53. The van der Waals surface area contributed by atoms with E-state index in [1.54, 1.807) is 0 Å². The van der Waals surface area contributed by atoms with Crippen molar-refractivity contribution < 1.29 is 17.6 Å². The third-order valence-corrected chi connectivity index (χ3v) is 6.09. The zero-order chi connectivity index (χ0) is 16.0. The molecule has 0 aromatic heterocycles. The van der Waals surface area contributed by atoms with Crippen LogP contribution >= 0.6 is 15.9 Å². The number of carbonyl (C=O) groups excluding carboxylic acids is 1. The maximum atomic E-state index is 13.9. The molecule has 1 heterocycles. The summed E-state index contributed by atoms with van der Waals surface area (Å²) in [7, 11) is -4.14. The van der Waals surface area contributed by atoms with Crippen LogP contribution in [-0.2, 0) is 14.8 Å². The Kier molecular flexibility index (Phi) is 4.19. The van der Waals surface area contributed by atoms with Crippen molar-refractivity contribution in [2.75, 3.05) is 6.54 Å². The van der Waals surface area contributed by atoms with Gasteiger partial charge in [0.05, 0.1) is 0 Å². The summed E-state index contributed by atoms with van der Waals surface area (Å²) in [6, 6.07) is 3.69. The zero-order valence-electron chi connectivity index (χ0n) is 12.1. The van der Waals surface area contributed by atoms with Crippen molar-refractivity contribution in [1.82, 2.24) is 4.31 Å². The highest BCUT2D eigenvalue weighted by molar-refractivity contribution is 9.10. The Morgan fingerprint density at radius 3 is 2.43 bits per heavy atom. The first-order valence-electron chi connectivity index (χ1n) is 6.54. The van der Waals surface area contributed by atoms with Gasteiger partial charge in [-0.05, 0) is 29.5 Å². The zero-order valence-corrected chi connectivity index (χ0v) is 14.5. The molecule has 1 aromatic rings. The topological polar surface area (TPSA) is 54.5 Å². The fourth-order valence-corrected chi connectivity index (χ4v) is 4.13. The van der Waals surface area contributed by atoms with Gasteiger partial charge in [-0.25, -0.2) is 17.1 Å². The quantitative estimate of drug-likeness (QED) is 0.795. The highest BCUT2D eigenvalue weighted by atomic mass is 79.9. The summed E-state index contributed by atoms with van der Waals surface area (Å²) in [5.74, 6) is -1.41. The van der Waals surface area contributed by atoms with Gasteiger partial charge in [0.2, 0.25) is 5.91 Å². The van der Waals surface area contributed by atoms with Crippen LogP contribution in [0, 0.1) is 17.2 Å². The molecule has 1 unspecified atom stereocenters. The van der Waals surface area contributed by atoms with Crippen molar-refractivity contribution >= 4 is 31.9 Å². The average molecular weight is 378 g/mol. The molecule has 21 heavy (non-hydrogen) atoms. The average Bonchev–Trinajstić information content (AvgIpc) is 2.71. The van der Waals surface area contributed by atoms with Gasteiger partial charge in [-0.1, -0.05) is 36.7 Å². The van der Waals surface area contributed by atoms with Gasteiger partial charge in [0.25, 0.3) is 10.0 Å². The van der Waals surface area contributed by atoms with Crippen LogP contribution in [0.5, 0.6) is 0 Å². The van der Waals surface area contributed by atoms with Crippen LogP contribution in [0.25, 0.3) is 0 Å². The Labute approximate surface area is 132 Å². The molecule has 1 amide bonds. The van der Waals surface area contributed by atoms with E-state index in [0.717, 1.165) is 10.4 Å². The first-order valence-corrected chi connectivity index (χ1v) is 8.77. The smallest absolute Gasteiger partial charge is 0.269 e. The Morgan fingerprint density at radius 2 is 1.95 bits per heavy atom. The Morgan fingerprint density at radius 1 is 1.33 bits per heavy atom. The van der Waals surface area contributed by atoms with E-state index in [0.29, 0.717) is 4.47 Å². The molecule has 1 aliphatic rings. The summed E-state index contributed by atoms with van der Waals surface area (Å²) in [5.41, 5.74) is -0.182. The number of hydrogen-bond donors (Lipinski definition) is 0. The van der Waals surface area contributed by atoms with E-state index >= 15 is 0 Å². The number of benzene rings is 1. The summed E-state index contributed by atoms with van der Waals surface area (Å²) in [5, 5.41) is 0. The molecule has 0 saturated carbocycles. The predicted octanol–water partition coefficient (Wildman–Crippen LogP) is 3.17. The Hall–Kier alpha value is -0.950. The van der Waals surface area contributed by atoms with E-state index in [1.807, 2.05) is 20.8 Å². The lowest BCUT2D eigenvalue weighted by Gasteiger charge is -2.26. The monoisotopic (exact) mass is 377 g/mol. The number of carbonyl (C=O) groups is 1. The molecular formula is C14H17BrFNO3S. The Bertz CT molecular complexity index is 682. The molecule has 1 atom stereocenters. The minimum absolute atomic E-state index is 0.0710. The summed E-state index contributed by atoms with van der Waals surface area (Å²) >= 11 is 3.08. The second kappa shape index (κ2) is 5.35. The minimum atomic E-state index is -4.14. The maximum Gasteiger partial charge on any atom is 0.269 e. The van der Waals surface area contributed by atoms with Crippen molar-refractivity contribution in [1.29, 1.82) is 0 Å². The third-order valence-electron chi connectivity index (χ3n) is 3.77. The molecule has 1 saturated heterocycles. The van der Waals surface area contributed by atoms with Crippen LogP contribution in [0.4, 0.5) is 4.39 Å². The number of hydrogen-bond acceptors (Lipinski definition) is 3. The molecule has 1 aromatic carbocycles. The summed E-state index contributed by atoms with van der Waals surface area (Å²) in [6.07, 6.45) is 0.168. The predicted molar refractivity (Wildman–Crippen MR) is 80.6 cm³/mol. The minimum Gasteiger partial charge on any atom is -0.274 e. The van der Waals surface area contributed by atoms with Crippen molar-refractivity contribution in [2.45, 2.75) is 32.1 Å². The number of rotatable bonds is 2. The lowest BCUT2D eigenvalue weighted by molar-refractivity contribution is -0.123. The van der Waals surface area contributed by atoms with Crippen LogP contribution in [0.3, 0.4) is 0 Å². The van der Waals surface area contributed by atoms with Gasteiger partial charge in [-0.15, -0.1) is 0 Å². The molecule has 0 aliphatic carbocycles. The van der Waals surface area contributed by atoms with E-state index < -0.39 is 26.6 Å². The van der Waals surface area contributed by atoms with E-state index in [2.05, 4.69) is 15.9 Å². The van der Waals surface area contributed by atoms with Crippen LogP contribution in [0.1, 0.15) is 27.2 Å². The van der Waals surface area contributed by atoms with Gasteiger partial charge in [0.1, 0.15) is 10.7 Å². The largest absolute Gasteiger partial charge is 0.274 e. The van der Waals surface area contributed by atoms with Crippen LogP contribution in [0.2, 0.25) is 0 Å². The number of amides is 1. The van der Waals surface area contributed by atoms with E-state index in [-0.39, 0.29) is 24.3 Å². The lowest BCUT2D eigenvalue weighted by atomic mass is 9.80. The SMILES string of the molecule is CC(C)(C)C1CC(=O)N(S(=O)(=O)c2ccc(Br)cc2F)C1. The molecule has 1 fully saturated rings. The van der Waals surface area contributed by atoms with Crippen molar-refractivity contribution in [2.24, 2.45) is 11.3 Å². The number of nitrogens with zero attached hydrogens (tertiary/aromatic N) is 1. The highest BCUT2D eigenvalue weighted by Gasteiger charge is 2.43. The summed E-state index contributed by atoms with van der Waals surface area (Å²) < 4.78 is 40.2. The molecule has 2 rings (SSSR count). The van der Waals surface area contributed by atoms with E-state index in [1.165, 1.54) is 12.1 Å².